The number of rotatable bonds is 3. The number of aryl methyl sites for hydroxylation is 2. The van der Waals surface area contributed by atoms with Crippen LogP contribution >= 0.6 is 0 Å². The molecular weight excluding hydrogens is 376 g/mol. The summed E-state index contributed by atoms with van der Waals surface area (Å²) in [5.74, 6) is -1.15. The van der Waals surface area contributed by atoms with Crippen LogP contribution in [0.15, 0.2) is 78.9 Å². The molecule has 0 saturated carbocycles. The van der Waals surface area contributed by atoms with Gasteiger partial charge in [0, 0.05) is 0 Å². The number of amides is 2. The highest BCUT2D eigenvalue weighted by Crippen LogP contribution is 2.47. The van der Waals surface area contributed by atoms with Crippen molar-refractivity contribution in [1.29, 1.82) is 0 Å². The molecule has 2 amide bonds. The summed E-state index contributed by atoms with van der Waals surface area (Å²) in [4.78, 5) is 34.2. The van der Waals surface area contributed by atoms with Crippen LogP contribution in [0, 0.1) is 19.8 Å². The van der Waals surface area contributed by atoms with Crippen molar-refractivity contribution in [3.05, 3.63) is 95.6 Å². The summed E-state index contributed by atoms with van der Waals surface area (Å²) < 4.78 is 0. The molecule has 0 N–H and O–H groups in total. The van der Waals surface area contributed by atoms with Gasteiger partial charge in [0.15, 0.2) is 6.10 Å². The Bertz CT molecular complexity index is 1090. The summed E-state index contributed by atoms with van der Waals surface area (Å²) in [7, 11) is 0. The first kappa shape index (κ1) is 18.6. The van der Waals surface area contributed by atoms with Crippen LogP contribution in [0.2, 0.25) is 0 Å². The average molecular weight is 398 g/mol. The minimum absolute atomic E-state index is 0.224. The number of para-hydroxylation sites is 1. The number of carbonyl (C=O) groups is 2. The highest BCUT2D eigenvalue weighted by atomic mass is 16.7. The van der Waals surface area contributed by atoms with Gasteiger partial charge in [-0.1, -0.05) is 65.7 Å². The summed E-state index contributed by atoms with van der Waals surface area (Å²) in [6, 6.07) is 24.7. The van der Waals surface area contributed by atoms with Gasteiger partial charge in [0.2, 0.25) is 5.91 Å². The third kappa shape index (κ3) is 2.90. The van der Waals surface area contributed by atoms with E-state index in [9.17, 15) is 9.59 Å². The first-order valence-electron chi connectivity index (χ1n) is 10.1. The lowest BCUT2D eigenvalue weighted by atomic mass is 9.90. The van der Waals surface area contributed by atoms with E-state index in [1.54, 1.807) is 5.06 Å². The van der Waals surface area contributed by atoms with Gasteiger partial charge in [0.25, 0.3) is 5.91 Å². The number of anilines is 2. The monoisotopic (exact) mass is 398 g/mol. The highest BCUT2D eigenvalue weighted by Gasteiger charge is 2.60. The molecule has 0 radical (unpaired) electrons. The number of carbonyl (C=O) groups excluding carboxylic acids is 2. The fraction of sp³-hybridized carbons (Fsp3) is 0.200. The Morgan fingerprint density at radius 2 is 1.30 bits per heavy atom. The molecule has 5 rings (SSSR count). The maximum absolute atomic E-state index is 13.5. The van der Waals surface area contributed by atoms with Crippen LogP contribution in [0.5, 0.6) is 0 Å². The lowest BCUT2D eigenvalue weighted by Gasteiger charge is -2.28. The van der Waals surface area contributed by atoms with Crippen molar-refractivity contribution in [2.24, 2.45) is 5.92 Å². The second-order valence-corrected chi connectivity index (χ2v) is 7.92. The van der Waals surface area contributed by atoms with Gasteiger partial charge >= 0.3 is 0 Å². The van der Waals surface area contributed by atoms with E-state index in [0.29, 0.717) is 5.69 Å². The molecule has 30 heavy (non-hydrogen) atoms. The Morgan fingerprint density at radius 1 is 0.700 bits per heavy atom. The fourth-order valence-corrected chi connectivity index (χ4v) is 4.26. The van der Waals surface area contributed by atoms with Crippen LogP contribution in [0.25, 0.3) is 0 Å². The van der Waals surface area contributed by atoms with Crippen LogP contribution in [0.4, 0.5) is 11.4 Å². The highest BCUT2D eigenvalue weighted by molar-refractivity contribution is 6.23. The van der Waals surface area contributed by atoms with E-state index in [-0.39, 0.29) is 17.9 Å². The first-order chi connectivity index (χ1) is 14.5. The van der Waals surface area contributed by atoms with Gasteiger partial charge in [-0.15, -0.1) is 0 Å². The Hall–Kier alpha value is -3.44. The molecule has 2 aliphatic heterocycles. The molecule has 5 heteroatoms. The van der Waals surface area contributed by atoms with Crippen molar-refractivity contribution in [3.63, 3.8) is 0 Å². The second-order valence-electron chi connectivity index (χ2n) is 7.92. The molecule has 150 valence electrons. The van der Waals surface area contributed by atoms with Gasteiger partial charge < -0.3 is 0 Å². The van der Waals surface area contributed by atoms with Crippen molar-refractivity contribution in [2.45, 2.75) is 26.0 Å². The minimum atomic E-state index is -0.842. The second kappa shape index (κ2) is 7.11. The van der Waals surface area contributed by atoms with Crippen LogP contribution in [0.1, 0.15) is 22.7 Å². The molecule has 2 aliphatic rings. The van der Waals surface area contributed by atoms with Gasteiger partial charge in [0.1, 0.15) is 5.92 Å². The number of nitrogens with zero attached hydrogens (tertiary/aromatic N) is 2. The number of fused-ring (bicyclic) bond motifs is 1. The molecule has 2 fully saturated rings. The summed E-state index contributed by atoms with van der Waals surface area (Å²) in [6.07, 6.45) is -0.842. The topological polar surface area (TPSA) is 49.9 Å². The number of hydrogen-bond acceptors (Lipinski definition) is 4. The fourth-order valence-electron chi connectivity index (χ4n) is 4.26. The zero-order chi connectivity index (χ0) is 20.8. The predicted octanol–water partition coefficient (Wildman–Crippen LogP) is 4.35. The van der Waals surface area contributed by atoms with E-state index in [1.807, 2.05) is 92.7 Å². The molecule has 0 spiro atoms. The number of hydrogen-bond donors (Lipinski definition) is 0. The van der Waals surface area contributed by atoms with Crippen molar-refractivity contribution in [3.8, 4) is 0 Å². The molecule has 0 aromatic heterocycles. The summed E-state index contributed by atoms with van der Waals surface area (Å²) >= 11 is 0. The van der Waals surface area contributed by atoms with Gasteiger partial charge in [-0.3, -0.25) is 14.4 Å². The van der Waals surface area contributed by atoms with Gasteiger partial charge in [-0.2, -0.15) is 0 Å². The van der Waals surface area contributed by atoms with E-state index < -0.39 is 12.0 Å². The standard InChI is InChI=1S/C25H22N2O3/c1-16-8-12-18(13-9-16)22-21-23(30-27(22)20-6-4-3-5-7-20)25(29)26(24(21)28)19-14-10-17(2)11-15-19/h3-15,21-23H,1-2H3/t21-,22+,23-/m0/s1. The van der Waals surface area contributed by atoms with Crippen LogP contribution in [0.3, 0.4) is 0 Å². The largest absolute Gasteiger partial charge is 0.273 e. The molecule has 0 unspecified atom stereocenters. The molecule has 3 atom stereocenters. The lowest BCUT2D eigenvalue weighted by Crippen LogP contribution is -2.37. The van der Waals surface area contributed by atoms with E-state index >= 15 is 0 Å². The third-order valence-corrected chi connectivity index (χ3v) is 5.84. The number of hydroxylamine groups is 1. The van der Waals surface area contributed by atoms with E-state index in [0.717, 1.165) is 22.4 Å². The summed E-state index contributed by atoms with van der Waals surface area (Å²) in [6.45, 7) is 4.00. The number of benzene rings is 3. The van der Waals surface area contributed by atoms with Gasteiger partial charge in [-0.25, -0.2) is 9.96 Å². The van der Waals surface area contributed by atoms with Crippen molar-refractivity contribution in [2.75, 3.05) is 9.96 Å². The van der Waals surface area contributed by atoms with E-state index in [4.69, 9.17) is 4.84 Å². The summed E-state index contributed by atoms with van der Waals surface area (Å²) in [5, 5.41) is 1.72. The molecule has 0 bridgehead atoms. The molecule has 2 saturated heterocycles. The average Bonchev–Trinajstić information content (AvgIpc) is 3.27. The molecule has 3 aromatic rings. The van der Waals surface area contributed by atoms with E-state index in [2.05, 4.69) is 0 Å². The van der Waals surface area contributed by atoms with Crippen LogP contribution < -0.4 is 9.96 Å². The first-order valence-corrected chi connectivity index (χ1v) is 10.1. The number of imide groups is 1. The van der Waals surface area contributed by atoms with E-state index in [1.165, 1.54) is 4.90 Å². The molecule has 0 aliphatic carbocycles. The molecule has 3 aromatic carbocycles. The van der Waals surface area contributed by atoms with Gasteiger partial charge in [0.05, 0.1) is 17.4 Å². The maximum atomic E-state index is 13.5. The smallest absolute Gasteiger partial charge is 0.266 e. The van der Waals surface area contributed by atoms with Gasteiger partial charge in [-0.05, 0) is 43.7 Å². The summed E-state index contributed by atoms with van der Waals surface area (Å²) in [5.41, 5.74) is 4.56. The van der Waals surface area contributed by atoms with Crippen molar-refractivity contribution < 1.29 is 14.4 Å². The van der Waals surface area contributed by atoms with Crippen LogP contribution in [-0.2, 0) is 14.4 Å². The molecule has 2 heterocycles. The quantitative estimate of drug-likeness (QED) is 0.616. The Kier molecular flexibility index (Phi) is 4.40. The lowest BCUT2D eigenvalue weighted by molar-refractivity contribution is -0.126. The van der Waals surface area contributed by atoms with Crippen molar-refractivity contribution in [1.82, 2.24) is 0 Å². The Morgan fingerprint density at radius 3 is 1.93 bits per heavy atom. The van der Waals surface area contributed by atoms with Crippen LogP contribution in [-0.4, -0.2) is 17.9 Å². The minimum Gasteiger partial charge on any atom is -0.273 e. The zero-order valence-corrected chi connectivity index (χ0v) is 16.9. The Labute approximate surface area is 175 Å². The molecule has 5 nitrogen and oxygen atoms in total. The normalized spacial score (nSPS) is 23.2. The SMILES string of the molecule is Cc1ccc([C@@H]2[C@@H]3C(=O)N(c4ccc(C)cc4)C(=O)[C@H]3ON2c2ccccc2)cc1. The van der Waals surface area contributed by atoms with Crippen molar-refractivity contribution >= 4 is 23.2 Å². The zero-order valence-electron chi connectivity index (χ0n) is 16.9. The molecular formula is C25H22N2O3. The predicted molar refractivity (Wildman–Crippen MR) is 115 cm³/mol. The third-order valence-electron chi connectivity index (χ3n) is 5.84. The maximum Gasteiger partial charge on any atom is 0.266 e. The Balaban J connectivity index is 1.58.